The van der Waals surface area contributed by atoms with Crippen LogP contribution in [0.3, 0.4) is 0 Å². The molecule has 0 spiro atoms. The zero-order chi connectivity index (χ0) is 10.3. The van der Waals surface area contributed by atoms with Crippen LogP contribution >= 0.6 is 0 Å². The lowest BCUT2D eigenvalue weighted by Crippen LogP contribution is -2.07. The van der Waals surface area contributed by atoms with E-state index in [1.807, 2.05) is 0 Å². The summed E-state index contributed by atoms with van der Waals surface area (Å²) in [6, 6.07) is 0. The van der Waals surface area contributed by atoms with Gasteiger partial charge in [-0.1, -0.05) is 12.2 Å². The van der Waals surface area contributed by atoms with E-state index in [0.29, 0.717) is 6.42 Å². The predicted octanol–water partition coefficient (Wildman–Crippen LogP) is 1.52. The molecule has 74 valence electrons. The molecule has 0 aliphatic heterocycles. The van der Waals surface area contributed by atoms with E-state index >= 15 is 0 Å². The molecule has 0 saturated heterocycles. The fraction of sp³-hybridized carbons (Fsp3) is 0.556. The Balaban J connectivity index is 3.94. The molecular weight excluding hydrogens is 172 g/mol. The van der Waals surface area contributed by atoms with Gasteiger partial charge >= 0.3 is 11.9 Å². The van der Waals surface area contributed by atoms with Gasteiger partial charge in [0.15, 0.2) is 0 Å². The second-order valence-electron chi connectivity index (χ2n) is 2.82. The molecule has 13 heavy (non-hydrogen) atoms. The average Bonchev–Trinajstić information content (AvgIpc) is 1.99. The lowest BCUT2D eigenvalue weighted by Gasteiger charge is -2.07. The zero-order valence-corrected chi connectivity index (χ0v) is 7.56. The number of hydrogen-bond donors (Lipinski definition) is 2. The van der Waals surface area contributed by atoms with E-state index in [1.165, 1.54) is 0 Å². The van der Waals surface area contributed by atoms with E-state index in [2.05, 4.69) is 0 Å². The van der Waals surface area contributed by atoms with Crippen molar-refractivity contribution in [1.82, 2.24) is 0 Å². The highest BCUT2D eigenvalue weighted by molar-refractivity contribution is 5.68. The van der Waals surface area contributed by atoms with Crippen molar-refractivity contribution in [2.24, 2.45) is 5.92 Å². The summed E-state index contributed by atoms with van der Waals surface area (Å²) in [5.74, 6) is -1.95. The maximum Gasteiger partial charge on any atom is 0.303 e. The molecule has 2 N–H and O–H groups in total. The van der Waals surface area contributed by atoms with Crippen molar-refractivity contribution < 1.29 is 19.8 Å². The van der Waals surface area contributed by atoms with Crippen LogP contribution in [0.5, 0.6) is 0 Å². The molecule has 0 rings (SSSR count). The Bertz CT molecular complexity index is 208. The number of allylic oxidation sites excluding steroid dienone is 2. The van der Waals surface area contributed by atoms with Crippen molar-refractivity contribution in [1.29, 1.82) is 0 Å². The Kier molecular flexibility index (Phi) is 5.59. The van der Waals surface area contributed by atoms with Crippen molar-refractivity contribution in [2.75, 3.05) is 0 Å². The Hall–Kier alpha value is -1.32. The highest BCUT2D eigenvalue weighted by atomic mass is 16.4. The average molecular weight is 186 g/mol. The summed E-state index contributed by atoms with van der Waals surface area (Å²) in [5, 5.41) is 16.9. The van der Waals surface area contributed by atoms with Crippen molar-refractivity contribution in [3.63, 3.8) is 0 Å². The lowest BCUT2D eigenvalue weighted by molar-refractivity contribution is -0.140. The first-order chi connectivity index (χ1) is 6.06. The van der Waals surface area contributed by atoms with Gasteiger partial charge in [0.25, 0.3) is 0 Å². The lowest BCUT2D eigenvalue weighted by atomic mass is 9.99. The Morgan fingerprint density at radius 1 is 1.31 bits per heavy atom. The molecule has 0 radical (unpaired) electrons. The van der Waals surface area contributed by atoms with E-state index in [-0.39, 0.29) is 18.8 Å². The molecule has 0 saturated carbocycles. The van der Waals surface area contributed by atoms with Crippen molar-refractivity contribution in [2.45, 2.75) is 26.2 Å². The summed E-state index contributed by atoms with van der Waals surface area (Å²) < 4.78 is 0. The van der Waals surface area contributed by atoms with Gasteiger partial charge in [0.05, 0.1) is 6.42 Å². The van der Waals surface area contributed by atoms with Crippen LogP contribution in [0.2, 0.25) is 0 Å². The summed E-state index contributed by atoms with van der Waals surface area (Å²) in [5.41, 5.74) is 0. The Morgan fingerprint density at radius 3 is 2.31 bits per heavy atom. The van der Waals surface area contributed by atoms with E-state index < -0.39 is 11.9 Å². The quantitative estimate of drug-likeness (QED) is 0.616. The van der Waals surface area contributed by atoms with Gasteiger partial charge in [-0.3, -0.25) is 9.59 Å². The minimum absolute atomic E-state index is 0.00236. The number of aliphatic carboxylic acids is 2. The minimum atomic E-state index is -0.895. The topological polar surface area (TPSA) is 74.6 Å². The standard InChI is InChI=1S/C9H14O4/c1-2-3-7(6-9(12)13)4-5-8(10)11/h2-3,7H,4-6H2,1H3,(H,10,11)(H,12,13). The molecule has 0 aliphatic rings. The molecule has 0 aromatic rings. The van der Waals surface area contributed by atoms with Gasteiger partial charge in [0.1, 0.15) is 0 Å². The molecule has 4 heteroatoms. The van der Waals surface area contributed by atoms with Crippen LogP contribution in [0, 0.1) is 5.92 Å². The number of carboxylic acid groups (broad SMARTS) is 2. The molecule has 0 aliphatic carbocycles. The SMILES string of the molecule is CC=CC(CCC(=O)O)CC(=O)O. The van der Waals surface area contributed by atoms with Crippen LogP contribution in [-0.2, 0) is 9.59 Å². The molecule has 0 amide bonds. The monoisotopic (exact) mass is 186 g/mol. The van der Waals surface area contributed by atoms with Gasteiger partial charge in [-0.25, -0.2) is 0 Å². The molecule has 0 bridgehead atoms. The van der Waals surface area contributed by atoms with Crippen LogP contribution < -0.4 is 0 Å². The second kappa shape index (κ2) is 6.22. The highest BCUT2D eigenvalue weighted by Crippen LogP contribution is 2.12. The first-order valence-electron chi connectivity index (χ1n) is 4.12. The van der Waals surface area contributed by atoms with Gasteiger partial charge in [-0.2, -0.15) is 0 Å². The van der Waals surface area contributed by atoms with Crippen molar-refractivity contribution in [3.05, 3.63) is 12.2 Å². The van der Waals surface area contributed by atoms with Crippen molar-refractivity contribution in [3.8, 4) is 0 Å². The largest absolute Gasteiger partial charge is 0.481 e. The second-order valence-corrected chi connectivity index (χ2v) is 2.82. The fourth-order valence-corrected chi connectivity index (χ4v) is 1.07. The van der Waals surface area contributed by atoms with Crippen LogP contribution in [0.4, 0.5) is 0 Å². The first-order valence-corrected chi connectivity index (χ1v) is 4.12. The predicted molar refractivity (Wildman–Crippen MR) is 47.4 cm³/mol. The normalized spacial score (nSPS) is 13.0. The van der Waals surface area contributed by atoms with Gasteiger partial charge < -0.3 is 10.2 Å². The first kappa shape index (κ1) is 11.7. The summed E-state index contributed by atoms with van der Waals surface area (Å²) in [4.78, 5) is 20.6. The third kappa shape index (κ3) is 7.05. The summed E-state index contributed by atoms with van der Waals surface area (Å²) in [6.45, 7) is 1.79. The van der Waals surface area contributed by atoms with Crippen LogP contribution in [0.15, 0.2) is 12.2 Å². The van der Waals surface area contributed by atoms with Gasteiger partial charge in [0.2, 0.25) is 0 Å². The maximum absolute atomic E-state index is 10.3. The van der Waals surface area contributed by atoms with Gasteiger partial charge in [-0.15, -0.1) is 0 Å². The smallest absolute Gasteiger partial charge is 0.303 e. The third-order valence-electron chi connectivity index (χ3n) is 1.63. The van der Waals surface area contributed by atoms with E-state index in [4.69, 9.17) is 10.2 Å². The van der Waals surface area contributed by atoms with Crippen LogP contribution in [0.25, 0.3) is 0 Å². The number of carbonyl (C=O) groups is 2. The Morgan fingerprint density at radius 2 is 1.92 bits per heavy atom. The van der Waals surface area contributed by atoms with E-state index in [0.717, 1.165) is 0 Å². The molecule has 0 aromatic heterocycles. The number of rotatable bonds is 6. The van der Waals surface area contributed by atoms with E-state index in [1.54, 1.807) is 19.1 Å². The summed E-state index contributed by atoms with van der Waals surface area (Å²) in [7, 11) is 0. The zero-order valence-electron chi connectivity index (χ0n) is 7.56. The van der Waals surface area contributed by atoms with Crippen LogP contribution in [-0.4, -0.2) is 22.2 Å². The Labute approximate surface area is 76.9 Å². The highest BCUT2D eigenvalue weighted by Gasteiger charge is 2.11. The molecule has 1 atom stereocenters. The molecular formula is C9H14O4. The van der Waals surface area contributed by atoms with Gasteiger partial charge in [0, 0.05) is 6.42 Å². The molecule has 0 aromatic carbocycles. The van der Waals surface area contributed by atoms with Gasteiger partial charge in [-0.05, 0) is 19.3 Å². The number of hydrogen-bond acceptors (Lipinski definition) is 2. The number of carboxylic acids is 2. The molecule has 4 nitrogen and oxygen atoms in total. The molecule has 0 heterocycles. The van der Waals surface area contributed by atoms with Crippen LogP contribution in [0.1, 0.15) is 26.2 Å². The minimum Gasteiger partial charge on any atom is -0.481 e. The fourth-order valence-electron chi connectivity index (χ4n) is 1.07. The summed E-state index contributed by atoms with van der Waals surface area (Å²) >= 11 is 0. The van der Waals surface area contributed by atoms with E-state index in [9.17, 15) is 9.59 Å². The molecule has 1 unspecified atom stereocenters. The van der Waals surface area contributed by atoms with Crippen molar-refractivity contribution >= 4 is 11.9 Å². The summed E-state index contributed by atoms with van der Waals surface area (Å²) in [6.07, 6.45) is 3.87. The molecule has 0 fully saturated rings. The third-order valence-corrected chi connectivity index (χ3v) is 1.63. The maximum atomic E-state index is 10.3.